The molecule has 0 atom stereocenters. The van der Waals surface area contributed by atoms with Crippen molar-refractivity contribution in [3.8, 4) is 17.6 Å². The number of esters is 1. The van der Waals surface area contributed by atoms with Crippen LogP contribution in [-0.4, -0.2) is 48.2 Å². The van der Waals surface area contributed by atoms with Crippen molar-refractivity contribution in [3.05, 3.63) is 23.8 Å². The first kappa shape index (κ1) is 18.6. The molecular weight excluding hydrogens is 324 g/mol. The van der Waals surface area contributed by atoms with Crippen molar-refractivity contribution in [2.75, 3.05) is 20.8 Å². The molecule has 0 radical (unpaired) electrons. The molecule has 1 aliphatic carbocycles. The van der Waals surface area contributed by atoms with Gasteiger partial charge in [-0.2, -0.15) is 5.26 Å². The maximum Gasteiger partial charge on any atom is 0.342 e. The van der Waals surface area contributed by atoms with E-state index in [1.807, 2.05) is 0 Å². The lowest BCUT2D eigenvalue weighted by molar-refractivity contribution is -0.138. The van der Waals surface area contributed by atoms with Gasteiger partial charge in [0.05, 0.1) is 13.2 Å². The van der Waals surface area contributed by atoms with Gasteiger partial charge in [-0.25, -0.2) is 4.79 Å². The van der Waals surface area contributed by atoms with Crippen LogP contribution in [-0.2, 0) is 9.53 Å². The van der Waals surface area contributed by atoms with Crippen LogP contribution >= 0.6 is 0 Å². The maximum absolute atomic E-state index is 12.4. The summed E-state index contributed by atoms with van der Waals surface area (Å²) >= 11 is 0. The highest BCUT2D eigenvalue weighted by Gasteiger charge is 2.39. The predicted molar refractivity (Wildman–Crippen MR) is 89.1 cm³/mol. The zero-order valence-electron chi connectivity index (χ0n) is 14.4. The number of nitriles is 1. The van der Waals surface area contributed by atoms with Crippen LogP contribution in [0, 0.1) is 11.3 Å². The van der Waals surface area contributed by atoms with Gasteiger partial charge in [0.25, 0.3) is 5.91 Å². The van der Waals surface area contributed by atoms with E-state index in [4.69, 9.17) is 9.47 Å². The Hall–Kier alpha value is -2.75. The molecule has 25 heavy (non-hydrogen) atoms. The SMILES string of the molecule is COc1cccc(C(=O)OCC(=O)N(C)C2(C#N)CCCCC2)c1O. The first-order valence-corrected chi connectivity index (χ1v) is 8.16. The van der Waals surface area contributed by atoms with Crippen molar-refractivity contribution in [2.24, 2.45) is 0 Å². The number of rotatable bonds is 5. The minimum Gasteiger partial charge on any atom is -0.504 e. The van der Waals surface area contributed by atoms with E-state index in [9.17, 15) is 20.0 Å². The smallest absolute Gasteiger partial charge is 0.342 e. The summed E-state index contributed by atoms with van der Waals surface area (Å²) < 4.78 is 9.95. The third kappa shape index (κ3) is 3.85. The van der Waals surface area contributed by atoms with E-state index >= 15 is 0 Å². The number of hydrogen-bond donors (Lipinski definition) is 1. The molecule has 1 saturated carbocycles. The Labute approximate surface area is 146 Å². The lowest BCUT2D eigenvalue weighted by atomic mass is 9.81. The Kier molecular flexibility index (Phi) is 5.86. The number of benzene rings is 1. The Morgan fingerprint density at radius 1 is 1.32 bits per heavy atom. The Morgan fingerprint density at radius 3 is 2.60 bits per heavy atom. The van der Waals surface area contributed by atoms with Crippen LogP contribution in [0.4, 0.5) is 0 Å². The fraction of sp³-hybridized carbons (Fsp3) is 0.500. The number of phenols is 1. The van der Waals surface area contributed by atoms with E-state index in [0.717, 1.165) is 19.3 Å². The number of hydrogen-bond acceptors (Lipinski definition) is 6. The summed E-state index contributed by atoms with van der Waals surface area (Å²) in [4.78, 5) is 25.9. The summed E-state index contributed by atoms with van der Waals surface area (Å²) in [5.74, 6) is -1.47. The van der Waals surface area contributed by atoms with E-state index in [0.29, 0.717) is 12.8 Å². The second-order valence-electron chi connectivity index (χ2n) is 6.09. The largest absolute Gasteiger partial charge is 0.504 e. The minimum atomic E-state index is -0.833. The van der Waals surface area contributed by atoms with Gasteiger partial charge in [0.2, 0.25) is 0 Å². The van der Waals surface area contributed by atoms with Crippen LogP contribution in [0.3, 0.4) is 0 Å². The summed E-state index contributed by atoms with van der Waals surface area (Å²) in [6.07, 6.45) is 4.08. The average molecular weight is 346 g/mol. The van der Waals surface area contributed by atoms with Crippen LogP contribution < -0.4 is 4.74 Å². The van der Waals surface area contributed by atoms with Gasteiger partial charge in [-0.1, -0.05) is 25.3 Å². The average Bonchev–Trinajstić information content (AvgIpc) is 2.65. The van der Waals surface area contributed by atoms with E-state index in [1.54, 1.807) is 7.05 Å². The monoisotopic (exact) mass is 346 g/mol. The van der Waals surface area contributed by atoms with Gasteiger partial charge >= 0.3 is 5.97 Å². The molecule has 7 heteroatoms. The van der Waals surface area contributed by atoms with E-state index < -0.39 is 24.0 Å². The molecule has 1 fully saturated rings. The molecule has 1 aliphatic rings. The molecule has 0 aromatic heterocycles. The molecule has 0 aliphatic heterocycles. The van der Waals surface area contributed by atoms with E-state index in [2.05, 4.69) is 6.07 Å². The van der Waals surface area contributed by atoms with Gasteiger partial charge in [-0.3, -0.25) is 4.79 Å². The molecule has 0 bridgehead atoms. The number of carbonyl (C=O) groups is 2. The molecule has 0 unspecified atom stereocenters. The molecule has 1 aromatic rings. The van der Waals surface area contributed by atoms with Crippen molar-refractivity contribution in [3.63, 3.8) is 0 Å². The Balaban J connectivity index is 2.02. The second kappa shape index (κ2) is 7.88. The van der Waals surface area contributed by atoms with Gasteiger partial charge < -0.3 is 19.5 Å². The molecule has 0 saturated heterocycles. The number of aromatic hydroxyl groups is 1. The van der Waals surface area contributed by atoms with Crippen molar-refractivity contribution >= 4 is 11.9 Å². The molecule has 0 heterocycles. The highest BCUT2D eigenvalue weighted by atomic mass is 16.5. The van der Waals surface area contributed by atoms with E-state index in [1.165, 1.54) is 30.2 Å². The topological polar surface area (TPSA) is 99.9 Å². The third-order valence-electron chi connectivity index (χ3n) is 4.67. The fourth-order valence-corrected chi connectivity index (χ4v) is 3.05. The third-order valence-corrected chi connectivity index (χ3v) is 4.67. The quantitative estimate of drug-likeness (QED) is 0.821. The van der Waals surface area contributed by atoms with Crippen LogP contribution in [0.25, 0.3) is 0 Å². The van der Waals surface area contributed by atoms with E-state index in [-0.39, 0.29) is 17.1 Å². The number of amides is 1. The number of phenolic OH excluding ortho intramolecular Hbond substituents is 1. The molecule has 2 rings (SSSR count). The highest BCUT2D eigenvalue weighted by Crippen LogP contribution is 2.33. The van der Waals surface area contributed by atoms with Crippen LogP contribution in [0.1, 0.15) is 42.5 Å². The molecule has 1 amide bonds. The molecule has 7 nitrogen and oxygen atoms in total. The lowest BCUT2D eigenvalue weighted by Crippen LogP contribution is -2.51. The Morgan fingerprint density at radius 2 is 2.00 bits per heavy atom. The van der Waals surface area contributed by atoms with Crippen molar-refractivity contribution < 1.29 is 24.2 Å². The Bertz CT molecular complexity index is 689. The first-order chi connectivity index (χ1) is 11.9. The van der Waals surface area contributed by atoms with Crippen molar-refractivity contribution in [1.29, 1.82) is 5.26 Å². The zero-order chi connectivity index (χ0) is 18.4. The highest BCUT2D eigenvalue weighted by molar-refractivity contribution is 5.94. The molecule has 0 spiro atoms. The number of likely N-dealkylation sites (N-methyl/N-ethyl adjacent to an activating group) is 1. The molecule has 1 aromatic carbocycles. The first-order valence-electron chi connectivity index (χ1n) is 8.16. The second-order valence-corrected chi connectivity index (χ2v) is 6.09. The summed E-state index contributed by atoms with van der Waals surface area (Å²) in [5, 5.41) is 19.5. The summed E-state index contributed by atoms with van der Waals surface area (Å²) in [7, 11) is 2.93. The lowest BCUT2D eigenvalue weighted by Gasteiger charge is -2.38. The summed E-state index contributed by atoms with van der Waals surface area (Å²) in [5.41, 5.74) is -0.915. The predicted octanol–water partition coefficient (Wildman–Crippen LogP) is 2.24. The minimum absolute atomic E-state index is 0.0811. The summed E-state index contributed by atoms with van der Waals surface area (Å²) in [6.45, 7) is -0.491. The van der Waals surface area contributed by atoms with Crippen LogP contribution in [0.15, 0.2) is 18.2 Å². The van der Waals surface area contributed by atoms with Gasteiger partial charge in [0.15, 0.2) is 18.1 Å². The number of methoxy groups -OCH3 is 1. The van der Waals surface area contributed by atoms with Crippen LogP contribution in [0.2, 0.25) is 0 Å². The van der Waals surface area contributed by atoms with Gasteiger partial charge in [-0.05, 0) is 25.0 Å². The van der Waals surface area contributed by atoms with Crippen molar-refractivity contribution in [2.45, 2.75) is 37.6 Å². The van der Waals surface area contributed by atoms with Gasteiger partial charge in [-0.15, -0.1) is 0 Å². The molecule has 1 N–H and O–H groups in total. The van der Waals surface area contributed by atoms with Gasteiger partial charge in [0.1, 0.15) is 11.1 Å². The molecular formula is C18H22N2O5. The van der Waals surface area contributed by atoms with Crippen LogP contribution in [0.5, 0.6) is 11.5 Å². The molecule has 134 valence electrons. The number of para-hydroxylation sites is 1. The summed E-state index contributed by atoms with van der Waals surface area (Å²) in [6, 6.07) is 6.67. The number of nitrogens with zero attached hydrogens (tertiary/aromatic N) is 2. The van der Waals surface area contributed by atoms with Gasteiger partial charge in [0, 0.05) is 7.05 Å². The number of ether oxygens (including phenoxy) is 2. The fourth-order valence-electron chi connectivity index (χ4n) is 3.05. The standard InChI is InChI=1S/C18H22N2O5/c1-20(18(12-19)9-4-3-5-10-18)15(21)11-25-17(23)13-7-6-8-14(24-2)16(13)22/h6-8,22H,3-5,9-11H2,1-2H3. The van der Waals surface area contributed by atoms with Crippen molar-refractivity contribution in [1.82, 2.24) is 4.90 Å². The number of carbonyl (C=O) groups excluding carboxylic acids is 2. The zero-order valence-corrected chi connectivity index (χ0v) is 14.4. The maximum atomic E-state index is 12.4. The normalized spacial score (nSPS) is 15.7.